The smallest absolute Gasteiger partial charge is 0.0496 e. The molecule has 0 radical (unpaired) electrons. The lowest BCUT2D eigenvalue weighted by Gasteiger charge is -2.40. The number of hydrogen-bond donors (Lipinski definition) is 0. The summed E-state index contributed by atoms with van der Waals surface area (Å²) in [6.07, 6.45) is 6.31. The van der Waals surface area contributed by atoms with Crippen molar-refractivity contribution in [2.45, 2.75) is 72.3 Å². The van der Waals surface area contributed by atoms with Gasteiger partial charge in [0.25, 0.3) is 0 Å². The topological polar surface area (TPSA) is 4.93 Å². The molecule has 0 fully saturated rings. The number of fused-ring (bicyclic) bond motifs is 3. The van der Waals surface area contributed by atoms with Crippen LogP contribution in [0.25, 0.3) is 21.8 Å². The highest BCUT2D eigenvalue weighted by Gasteiger charge is 2.35. The molecule has 1 heterocycles. The lowest BCUT2D eigenvalue weighted by Crippen LogP contribution is -2.36. The molecule has 0 saturated carbocycles. The average Bonchev–Trinajstić information content (AvgIpc) is 2.94. The molecule has 0 aliphatic rings. The van der Waals surface area contributed by atoms with Crippen molar-refractivity contribution in [3.05, 3.63) is 48.5 Å². The summed E-state index contributed by atoms with van der Waals surface area (Å²) in [6.45, 7) is 11.9. The Kier molecular flexibility index (Phi) is 5.75. The Morgan fingerprint density at radius 2 is 1.23 bits per heavy atom. The Balaban J connectivity index is 2.33. The first-order valence-electron chi connectivity index (χ1n) is 10.5. The average molecular weight is 350 g/mol. The van der Waals surface area contributed by atoms with Crippen molar-refractivity contribution in [1.82, 2.24) is 4.57 Å². The molecule has 0 saturated heterocycles. The molecule has 1 nitrogen and oxygen atoms in total. The van der Waals surface area contributed by atoms with Gasteiger partial charge in [0.1, 0.15) is 0 Å². The van der Waals surface area contributed by atoms with Gasteiger partial charge in [0.2, 0.25) is 0 Å². The molecule has 0 aliphatic heterocycles. The Labute approximate surface area is 159 Å². The van der Waals surface area contributed by atoms with Gasteiger partial charge in [-0.15, -0.1) is 0 Å². The molecule has 3 rings (SSSR count). The molecule has 0 unspecified atom stereocenters. The molecule has 26 heavy (non-hydrogen) atoms. The summed E-state index contributed by atoms with van der Waals surface area (Å²) in [5.41, 5.74) is 3.01. The highest BCUT2D eigenvalue weighted by Crippen LogP contribution is 2.43. The van der Waals surface area contributed by atoms with Crippen molar-refractivity contribution in [3.63, 3.8) is 0 Å². The van der Waals surface area contributed by atoms with Crippen LogP contribution in [0.3, 0.4) is 0 Å². The van der Waals surface area contributed by atoms with E-state index in [0.29, 0.717) is 11.8 Å². The number of benzene rings is 2. The maximum atomic E-state index is 2.73. The van der Waals surface area contributed by atoms with Gasteiger partial charge in [-0.05, 0) is 43.2 Å². The van der Waals surface area contributed by atoms with E-state index in [1.165, 1.54) is 53.9 Å². The molecular weight excluding hydrogens is 314 g/mol. The van der Waals surface area contributed by atoms with Gasteiger partial charge < -0.3 is 4.57 Å². The van der Waals surface area contributed by atoms with Crippen molar-refractivity contribution in [2.75, 3.05) is 0 Å². The predicted octanol–water partition coefficient (Wildman–Crippen LogP) is 7.77. The van der Waals surface area contributed by atoms with Gasteiger partial charge in [0, 0.05) is 27.3 Å². The van der Waals surface area contributed by atoms with Crippen LogP contribution in [0.5, 0.6) is 0 Å². The first-order valence-corrected chi connectivity index (χ1v) is 10.5. The molecule has 0 N–H and O–H groups in total. The first-order chi connectivity index (χ1) is 12.5. The summed E-state index contributed by atoms with van der Waals surface area (Å²) in [4.78, 5) is 0. The second-order valence-electron chi connectivity index (χ2n) is 8.89. The maximum Gasteiger partial charge on any atom is 0.0496 e. The minimum Gasteiger partial charge on any atom is -0.334 e. The molecule has 1 aromatic heterocycles. The number of hydrogen-bond acceptors (Lipinski definition) is 0. The van der Waals surface area contributed by atoms with Gasteiger partial charge in [-0.25, -0.2) is 0 Å². The van der Waals surface area contributed by atoms with Crippen LogP contribution in [-0.2, 0) is 5.54 Å². The van der Waals surface area contributed by atoms with Crippen molar-refractivity contribution < 1.29 is 0 Å². The molecule has 3 aromatic rings. The lowest BCUT2D eigenvalue weighted by atomic mass is 9.77. The number of para-hydroxylation sites is 2. The summed E-state index contributed by atoms with van der Waals surface area (Å²) < 4.78 is 2.73. The molecule has 0 bridgehead atoms. The summed E-state index contributed by atoms with van der Waals surface area (Å²) in [7, 11) is 0. The van der Waals surface area contributed by atoms with Crippen LogP contribution in [0.1, 0.15) is 66.7 Å². The lowest BCUT2D eigenvalue weighted by molar-refractivity contribution is 0.177. The van der Waals surface area contributed by atoms with Crippen LogP contribution in [0, 0.1) is 11.8 Å². The van der Waals surface area contributed by atoms with Crippen LogP contribution >= 0.6 is 0 Å². The summed E-state index contributed by atoms with van der Waals surface area (Å²) in [6, 6.07) is 18.0. The Bertz CT molecular complexity index is 790. The maximum absolute atomic E-state index is 2.73. The van der Waals surface area contributed by atoms with Crippen molar-refractivity contribution >= 4 is 21.8 Å². The second kappa shape index (κ2) is 7.86. The van der Waals surface area contributed by atoms with Crippen molar-refractivity contribution in [1.29, 1.82) is 0 Å². The fraction of sp³-hybridized carbons (Fsp3) is 0.520. The molecule has 2 aromatic carbocycles. The Morgan fingerprint density at radius 3 is 1.65 bits per heavy atom. The fourth-order valence-electron chi connectivity index (χ4n) is 5.04. The predicted molar refractivity (Wildman–Crippen MR) is 116 cm³/mol. The van der Waals surface area contributed by atoms with E-state index in [1.807, 2.05) is 0 Å². The van der Waals surface area contributed by atoms with E-state index in [9.17, 15) is 0 Å². The third-order valence-corrected chi connectivity index (χ3v) is 5.63. The van der Waals surface area contributed by atoms with E-state index in [2.05, 4.69) is 87.7 Å². The molecule has 1 heteroatoms. The van der Waals surface area contributed by atoms with E-state index in [0.717, 1.165) is 0 Å². The number of unbranched alkanes of at least 4 members (excludes halogenated alkanes) is 1. The summed E-state index contributed by atoms with van der Waals surface area (Å²) >= 11 is 0. The van der Waals surface area contributed by atoms with E-state index in [1.54, 1.807) is 0 Å². The minimum absolute atomic E-state index is 0.195. The molecular formula is C25H35N. The zero-order valence-electron chi connectivity index (χ0n) is 17.3. The number of rotatable bonds is 8. The molecule has 140 valence electrons. The second-order valence-corrected chi connectivity index (χ2v) is 8.89. The van der Waals surface area contributed by atoms with Crippen LogP contribution in [0.15, 0.2) is 48.5 Å². The summed E-state index contributed by atoms with van der Waals surface area (Å²) in [5, 5.41) is 2.80. The quantitative estimate of drug-likeness (QED) is 0.391. The van der Waals surface area contributed by atoms with Crippen molar-refractivity contribution in [3.8, 4) is 0 Å². The fourth-order valence-corrected chi connectivity index (χ4v) is 5.04. The van der Waals surface area contributed by atoms with Crippen molar-refractivity contribution in [2.24, 2.45) is 11.8 Å². The van der Waals surface area contributed by atoms with Gasteiger partial charge in [-0.2, -0.15) is 0 Å². The van der Waals surface area contributed by atoms with Crippen LogP contribution in [-0.4, -0.2) is 4.57 Å². The monoisotopic (exact) mass is 349 g/mol. The van der Waals surface area contributed by atoms with Crippen LogP contribution in [0.4, 0.5) is 0 Å². The molecule has 0 aliphatic carbocycles. The highest BCUT2D eigenvalue weighted by molar-refractivity contribution is 6.08. The standard InChI is InChI=1S/C25H35N/c1-6-7-16-25(17-19(2)3,18-20(4)5)26-23-14-10-8-12-21(23)22-13-9-11-15-24(22)26/h8-15,19-20H,6-7,16-18H2,1-5H3. The Morgan fingerprint density at radius 1 is 0.769 bits per heavy atom. The summed E-state index contributed by atoms with van der Waals surface area (Å²) in [5.74, 6) is 1.37. The number of aromatic nitrogens is 1. The Hall–Kier alpha value is -1.76. The van der Waals surface area contributed by atoms with Gasteiger partial charge >= 0.3 is 0 Å². The van der Waals surface area contributed by atoms with E-state index in [4.69, 9.17) is 0 Å². The number of nitrogens with zero attached hydrogens (tertiary/aromatic N) is 1. The first kappa shape index (κ1) is 19.0. The van der Waals surface area contributed by atoms with E-state index < -0.39 is 0 Å². The third-order valence-electron chi connectivity index (χ3n) is 5.63. The van der Waals surface area contributed by atoms with E-state index in [-0.39, 0.29) is 5.54 Å². The zero-order valence-corrected chi connectivity index (χ0v) is 17.3. The normalized spacial score (nSPS) is 12.7. The molecule has 0 atom stereocenters. The minimum atomic E-state index is 0.195. The largest absolute Gasteiger partial charge is 0.334 e. The van der Waals surface area contributed by atoms with Crippen LogP contribution < -0.4 is 0 Å². The van der Waals surface area contributed by atoms with Gasteiger partial charge in [-0.1, -0.05) is 83.9 Å². The van der Waals surface area contributed by atoms with E-state index >= 15 is 0 Å². The van der Waals surface area contributed by atoms with Gasteiger partial charge in [-0.3, -0.25) is 0 Å². The SMILES string of the molecule is CCCCC(CC(C)C)(CC(C)C)n1c2ccccc2c2ccccc21. The molecule has 0 spiro atoms. The molecule has 0 amide bonds. The third kappa shape index (κ3) is 3.54. The highest BCUT2D eigenvalue weighted by atomic mass is 15.1. The van der Waals surface area contributed by atoms with Gasteiger partial charge in [0.05, 0.1) is 0 Å². The van der Waals surface area contributed by atoms with Crippen LogP contribution in [0.2, 0.25) is 0 Å². The van der Waals surface area contributed by atoms with Gasteiger partial charge in [0.15, 0.2) is 0 Å². The zero-order chi connectivity index (χ0) is 18.7.